The summed E-state index contributed by atoms with van der Waals surface area (Å²) in [5.74, 6) is -0.834. The Balaban J connectivity index is 2.13. The van der Waals surface area contributed by atoms with E-state index >= 15 is 0 Å². The Morgan fingerprint density at radius 3 is 2.11 bits per heavy atom. The largest absolute Gasteiger partial charge is 0.534 e. The maximum atomic E-state index is 12.8. The van der Waals surface area contributed by atoms with E-state index in [1.807, 2.05) is 0 Å². The molecule has 10 heteroatoms. The van der Waals surface area contributed by atoms with E-state index in [1.54, 1.807) is 48.5 Å². The quantitative estimate of drug-likeness (QED) is 0.477. The number of nitrogens with zero attached hydrogens (tertiary/aromatic N) is 2. The van der Waals surface area contributed by atoms with E-state index in [4.69, 9.17) is 0 Å². The zero-order valence-corrected chi connectivity index (χ0v) is 14.9. The van der Waals surface area contributed by atoms with Gasteiger partial charge in [0.2, 0.25) is 0 Å². The third kappa shape index (κ3) is 4.22. The molecule has 146 valence electrons. The third-order valence-corrected chi connectivity index (χ3v) is 4.64. The highest BCUT2D eigenvalue weighted by atomic mass is 32.2. The second-order valence-electron chi connectivity index (χ2n) is 5.69. The van der Waals surface area contributed by atoms with Crippen LogP contribution in [0.15, 0.2) is 71.5 Å². The first-order chi connectivity index (χ1) is 13.2. The lowest BCUT2D eigenvalue weighted by atomic mass is 10.1. The monoisotopic (exact) mass is 410 g/mol. The highest BCUT2D eigenvalue weighted by Gasteiger charge is 2.49. The first kappa shape index (κ1) is 19.6. The average molecular weight is 410 g/mol. The molecule has 6 nitrogen and oxygen atoms in total. The number of halogens is 3. The molecule has 0 fully saturated rings. The lowest BCUT2D eigenvalue weighted by Crippen LogP contribution is -2.30. The summed E-state index contributed by atoms with van der Waals surface area (Å²) in [5.41, 5.74) is -5.49. The molecule has 0 aliphatic carbocycles. The molecule has 3 rings (SSSR count). The summed E-state index contributed by atoms with van der Waals surface area (Å²) in [7, 11) is -5.96. The lowest BCUT2D eigenvalue weighted by Gasteiger charge is -2.14. The number of aromatic nitrogens is 2. The molecular formula is C18H13F3N2O4S. The Kier molecular flexibility index (Phi) is 5.23. The van der Waals surface area contributed by atoms with Crippen LogP contribution in [0.25, 0.3) is 11.1 Å². The van der Waals surface area contributed by atoms with Crippen molar-refractivity contribution in [2.24, 2.45) is 0 Å². The fourth-order valence-electron chi connectivity index (χ4n) is 2.38. The van der Waals surface area contributed by atoms with Crippen LogP contribution in [0.2, 0.25) is 0 Å². The van der Waals surface area contributed by atoms with E-state index in [2.05, 4.69) is 9.28 Å². The van der Waals surface area contributed by atoms with Gasteiger partial charge in [0.15, 0.2) is 0 Å². The topological polar surface area (TPSA) is 78.3 Å². The molecular weight excluding hydrogens is 397 g/mol. The molecule has 0 N–H and O–H groups in total. The van der Waals surface area contributed by atoms with Gasteiger partial charge in [0.1, 0.15) is 0 Å². The van der Waals surface area contributed by atoms with E-state index in [0.717, 1.165) is 10.7 Å². The minimum atomic E-state index is -5.96. The van der Waals surface area contributed by atoms with Gasteiger partial charge in [-0.3, -0.25) is 4.79 Å². The number of hydrogen-bond acceptors (Lipinski definition) is 5. The van der Waals surface area contributed by atoms with Crippen molar-refractivity contribution < 1.29 is 25.8 Å². The van der Waals surface area contributed by atoms with Gasteiger partial charge in [-0.05, 0) is 11.1 Å². The summed E-state index contributed by atoms with van der Waals surface area (Å²) < 4.78 is 66.4. The van der Waals surface area contributed by atoms with Crippen LogP contribution < -0.4 is 9.74 Å². The molecule has 0 amide bonds. The van der Waals surface area contributed by atoms with Crippen molar-refractivity contribution >= 4 is 10.1 Å². The minimum Gasteiger partial charge on any atom is -0.353 e. The highest BCUT2D eigenvalue weighted by molar-refractivity contribution is 7.88. The van der Waals surface area contributed by atoms with Crippen molar-refractivity contribution in [3.8, 4) is 17.0 Å². The van der Waals surface area contributed by atoms with Gasteiger partial charge < -0.3 is 4.18 Å². The van der Waals surface area contributed by atoms with E-state index in [-0.39, 0.29) is 17.7 Å². The normalized spacial score (nSPS) is 12.0. The zero-order valence-electron chi connectivity index (χ0n) is 14.1. The van der Waals surface area contributed by atoms with Crippen LogP contribution in [0.1, 0.15) is 5.56 Å². The SMILES string of the molecule is O=c1cc(-c2ccccc2)c(OS(=O)(=O)C(F)(F)F)nn1Cc1ccccc1. The molecule has 0 bridgehead atoms. The van der Waals surface area contributed by atoms with Gasteiger partial charge in [0.25, 0.3) is 11.4 Å². The molecule has 3 aromatic rings. The van der Waals surface area contributed by atoms with Crippen LogP contribution >= 0.6 is 0 Å². The Labute approximate surface area is 157 Å². The van der Waals surface area contributed by atoms with Gasteiger partial charge >= 0.3 is 15.6 Å². The van der Waals surface area contributed by atoms with E-state index in [9.17, 15) is 26.4 Å². The van der Waals surface area contributed by atoms with Gasteiger partial charge in [-0.1, -0.05) is 60.7 Å². The Morgan fingerprint density at radius 1 is 0.964 bits per heavy atom. The van der Waals surface area contributed by atoms with Gasteiger partial charge in [0, 0.05) is 6.07 Å². The van der Waals surface area contributed by atoms with Crippen LogP contribution in [0.3, 0.4) is 0 Å². The molecule has 0 spiro atoms. The maximum absolute atomic E-state index is 12.8. The maximum Gasteiger partial charge on any atom is 0.534 e. The fourth-order valence-corrected chi connectivity index (χ4v) is 2.80. The minimum absolute atomic E-state index is 0.0723. The molecule has 0 unspecified atom stereocenters. The zero-order chi connectivity index (χ0) is 20.4. The van der Waals surface area contributed by atoms with Crippen molar-refractivity contribution in [2.45, 2.75) is 12.1 Å². The second-order valence-corrected chi connectivity index (χ2v) is 7.23. The predicted molar refractivity (Wildman–Crippen MR) is 95.1 cm³/mol. The molecule has 1 aromatic heterocycles. The molecule has 0 saturated heterocycles. The van der Waals surface area contributed by atoms with Crippen LogP contribution in [0, 0.1) is 0 Å². The Morgan fingerprint density at radius 2 is 1.54 bits per heavy atom. The summed E-state index contributed by atoms with van der Waals surface area (Å²) in [5, 5.41) is 3.75. The Hall–Kier alpha value is -3.14. The summed E-state index contributed by atoms with van der Waals surface area (Å²) in [6.45, 7) is -0.0723. The lowest BCUT2D eigenvalue weighted by molar-refractivity contribution is -0.0501. The second kappa shape index (κ2) is 7.47. The van der Waals surface area contributed by atoms with Crippen LogP contribution in [0.5, 0.6) is 5.88 Å². The highest BCUT2D eigenvalue weighted by Crippen LogP contribution is 2.31. The molecule has 0 radical (unpaired) electrons. The van der Waals surface area contributed by atoms with Crippen LogP contribution in [-0.2, 0) is 16.7 Å². The van der Waals surface area contributed by atoms with Gasteiger partial charge in [-0.15, -0.1) is 5.10 Å². The van der Waals surface area contributed by atoms with Crippen molar-refractivity contribution in [3.05, 3.63) is 82.6 Å². The van der Waals surface area contributed by atoms with Gasteiger partial charge in [0.05, 0.1) is 12.1 Å². The summed E-state index contributed by atoms with van der Waals surface area (Å²) in [4.78, 5) is 12.4. The van der Waals surface area contributed by atoms with E-state index < -0.39 is 27.1 Å². The molecule has 0 atom stereocenters. The van der Waals surface area contributed by atoms with Crippen molar-refractivity contribution in [1.82, 2.24) is 9.78 Å². The molecule has 0 saturated carbocycles. The number of alkyl halides is 3. The standard InChI is InChI=1S/C18H13F3N2O4S/c19-18(20,21)28(25,26)27-17-15(14-9-5-2-6-10-14)11-16(24)23(22-17)12-13-7-3-1-4-8-13/h1-11H,12H2. The molecule has 2 aromatic carbocycles. The number of rotatable bonds is 5. The van der Waals surface area contributed by atoms with Crippen LogP contribution in [-0.4, -0.2) is 23.7 Å². The fraction of sp³-hybridized carbons (Fsp3) is 0.111. The van der Waals surface area contributed by atoms with Crippen molar-refractivity contribution in [2.75, 3.05) is 0 Å². The average Bonchev–Trinajstić information content (AvgIpc) is 2.64. The first-order valence-corrected chi connectivity index (χ1v) is 9.30. The number of hydrogen-bond donors (Lipinski definition) is 0. The molecule has 0 aliphatic rings. The van der Waals surface area contributed by atoms with Crippen molar-refractivity contribution in [1.29, 1.82) is 0 Å². The molecule has 0 aliphatic heterocycles. The van der Waals surface area contributed by atoms with E-state index in [1.165, 1.54) is 12.1 Å². The van der Waals surface area contributed by atoms with Gasteiger partial charge in [-0.25, -0.2) is 4.68 Å². The smallest absolute Gasteiger partial charge is 0.353 e. The summed E-state index contributed by atoms with van der Waals surface area (Å²) >= 11 is 0. The summed E-state index contributed by atoms with van der Waals surface area (Å²) in [6.07, 6.45) is 0. The first-order valence-electron chi connectivity index (χ1n) is 7.90. The molecule has 28 heavy (non-hydrogen) atoms. The Bertz CT molecular complexity index is 1130. The van der Waals surface area contributed by atoms with Crippen LogP contribution in [0.4, 0.5) is 13.2 Å². The van der Waals surface area contributed by atoms with Crippen molar-refractivity contribution in [3.63, 3.8) is 0 Å². The summed E-state index contributed by atoms with van der Waals surface area (Å²) in [6, 6.07) is 17.3. The third-order valence-electron chi connectivity index (χ3n) is 3.70. The van der Waals surface area contributed by atoms with E-state index in [0.29, 0.717) is 5.56 Å². The predicted octanol–water partition coefficient (Wildman–Crippen LogP) is 3.19. The number of benzene rings is 2. The molecule has 1 heterocycles. The van der Waals surface area contributed by atoms with Gasteiger partial charge in [-0.2, -0.15) is 21.6 Å².